The van der Waals surface area contributed by atoms with Crippen LogP contribution >= 0.6 is 0 Å². The van der Waals surface area contributed by atoms with Gasteiger partial charge >= 0.3 is 0 Å². The average molecular weight is 282 g/mol. The van der Waals surface area contributed by atoms with Crippen LogP contribution in [0.2, 0.25) is 0 Å². The molecule has 0 aromatic heterocycles. The van der Waals surface area contributed by atoms with Crippen LogP contribution in [0.5, 0.6) is 0 Å². The van der Waals surface area contributed by atoms with Gasteiger partial charge in [-0.15, -0.1) is 0 Å². The predicted octanol–water partition coefficient (Wildman–Crippen LogP) is -1.50. The monoisotopic (exact) mass is 282 g/mol. The molecular formula is C13H22N4O3. The average Bonchev–Trinajstić information content (AvgIpc) is 2.86. The van der Waals surface area contributed by atoms with Crippen LogP contribution in [0.4, 0.5) is 0 Å². The summed E-state index contributed by atoms with van der Waals surface area (Å²) in [5, 5.41) is 3.19. The number of hydrogen-bond donors (Lipinski definition) is 1. The van der Waals surface area contributed by atoms with Gasteiger partial charge in [-0.05, 0) is 13.5 Å². The molecule has 7 heteroatoms. The zero-order valence-corrected chi connectivity index (χ0v) is 11.9. The molecule has 0 atom stereocenters. The van der Waals surface area contributed by atoms with E-state index in [1.165, 1.54) is 4.90 Å². The Morgan fingerprint density at radius 1 is 1.15 bits per heavy atom. The fraction of sp³-hybridized carbons (Fsp3) is 0.769. The molecule has 20 heavy (non-hydrogen) atoms. The summed E-state index contributed by atoms with van der Waals surface area (Å²) in [6.07, 6.45) is 1.20. The zero-order chi connectivity index (χ0) is 14.5. The number of piperazine rings is 1. The maximum atomic E-state index is 12.0. The lowest BCUT2D eigenvalue weighted by atomic mass is 10.3. The lowest BCUT2D eigenvalue weighted by Crippen LogP contribution is -2.50. The molecule has 0 aromatic rings. The van der Waals surface area contributed by atoms with Crippen molar-refractivity contribution in [2.45, 2.75) is 12.8 Å². The van der Waals surface area contributed by atoms with Crippen molar-refractivity contribution in [2.24, 2.45) is 0 Å². The summed E-state index contributed by atoms with van der Waals surface area (Å²) >= 11 is 0. The number of likely N-dealkylation sites (N-methyl/N-ethyl adjacent to an activating group) is 1. The van der Waals surface area contributed by atoms with Crippen molar-refractivity contribution in [2.75, 3.05) is 52.9 Å². The van der Waals surface area contributed by atoms with Crippen molar-refractivity contribution in [3.05, 3.63) is 0 Å². The maximum absolute atomic E-state index is 12.0. The molecule has 0 unspecified atom stereocenters. The Labute approximate surface area is 118 Å². The first-order valence-corrected chi connectivity index (χ1v) is 7.08. The van der Waals surface area contributed by atoms with Crippen molar-refractivity contribution in [3.8, 4) is 0 Å². The fourth-order valence-corrected chi connectivity index (χ4v) is 2.53. The van der Waals surface area contributed by atoms with Gasteiger partial charge in [-0.3, -0.25) is 24.2 Å². The van der Waals surface area contributed by atoms with Crippen molar-refractivity contribution in [1.82, 2.24) is 20.0 Å². The molecule has 2 aliphatic rings. The number of likely N-dealkylation sites (tertiary alicyclic amines) is 1. The van der Waals surface area contributed by atoms with Crippen LogP contribution in [0.15, 0.2) is 0 Å². The third-order valence-electron chi connectivity index (χ3n) is 3.65. The molecule has 0 bridgehead atoms. The lowest BCUT2D eigenvalue weighted by molar-refractivity contribution is -0.142. The van der Waals surface area contributed by atoms with Gasteiger partial charge in [0.05, 0.1) is 13.1 Å². The van der Waals surface area contributed by atoms with E-state index in [0.717, 1.165) is 19.5 Å². The highest BCUT2D eigenvalue weighted by Gasteiger charge is 2.27. The number of hydrogen-bond acceptors (Lipinski definition) is 5. The summed E-state index contributed by atoms with van der Waals surface area (Å²) in [6, 6.07) is 0. The number of imide groups is 1. The van der Waals surface area contributed by atoms with Gasteiger partial charge in [-0.25, -0.2) is 0 Å². The molecule has 1 N–H and O–H groups in total. The lowest BCUT2D eigenvalue weighted by Gasteiger charge is -2.29. The number of rotatable bonds is 4. The molecule has 7 nitrogen and oxygen atoms in total. The number of carbonyl (C=O) groups excluding carboxylic acids is 3. The van der Waals surface area contributed by atoms with E-state index < -0.39 is 0 Å². The van der Waals surface area contributed by atoms with Crippen LogP contribution in [0, 0.1) is 0 Å². The first-order chi connectivity index (χ1) is 9.58. The summed E-state index contributed by atoms with van der Waals surface area (Å²) in [5.41, 5.74) is 0. The predicted molar refractivity (Wildman–Crippen MR) is 72.9 cm³/mol. The molecule has 0 radical (unpaired) electrons. The second-order valence-electron chi connectivity index (χ2n) is 5.35. The molecular weight excluding hydrogens is 260 g/mol. The topological polar surface area (TPSA) is 73.0 Å². The summed E-state index contributed by atoms with van der Waals surface area (Å²) in [7, 11) is 1.73. The number of carbonyl (C=O) groups is 3. The second kappa shape index (κ2) is 6.81. The highest BCUT2D eigenvalue weighted by atomic mass is 16.2. The quantitative estimate of drug-likeness (QED) is 0.679. The van der Waals surface area contributed by atoms with Crippen LogP contribution in [0.1, 0.15) is 12.8 Å². The van der Waals surface area contributed by atoms with E-state index in [0.29, 0.717) is 26.1 Å². The molecule has 0 spiro atoms. The van der Waals surface area contributed by atoms with Gasteiger partial charge in [-0.1, -0.05) is 0 Å². The van der Waals surface area contributed by atoms with E-state index in [2.05, 4.69) is 5.32 Å². The highest BCUT2D eigenvalue weighted by Crippen LogP contribution is 2.10. The Kier molecular flexibility index (Phi) is 5.08. The maximum Gasteiger partial charge on any atom is 0.243 e. The highest BCUT2D eigenvalue weighted by molar-refractivity contribution is 5.97. The largest absolute Gasteiger partial charge is 0.339 e. The second-order valence-corrected chi connectivity index (χ2v) is 5.35. The number of amides is 3. The summed E-state index contributed by atoms with van der Waals surface area (Å²) in [6.45, 7) is 3.90. The Morgan fingerprint density at radius 3 is 2.40 bits per heavy atom. The summed E-state index contributed by atoms with van der Waals surface area (Å²) in [5.74, 6) is -0.269. The first kappa shape index (κ1) is 14.9. The first-order valence-electron chi connectivity index (χ1n) is 7.08. The van der Waals surface area contributed by atoms with Gasteiger partial charge in [-0.2, -0.15) is 0 Å². The van der Waals surface area contributed by atoms with Crippen molar-refractivity contribution in [1.29, 1.82) is 0 Å². The van der Waals surface area contributed by atoms with Gasteiger partial charge < -0.3 is 10.2 Å². The van der Waals surface area contributed by atoms with Gasteiger partial charge in [0.15, 0.2) is 0 Å². The molecule has 2 heterocycles. The SMILES string of the molecule is CN(CC(=O)N1CCNCC1)CC(=O)N1CCCC1=O. The molecule has 2 saturated heterocycles. The normalized spacial score (nSPS) is 19.8. The van der Waals surface area contributed by atoms with Crippen LogP contribution < -0.4 is 5.32 Å². The molecule has 2 rings (SSSR count). The minimum Gasteiger partial charge on any atom is -0.339 e. The minimum atomic E-state index is -0.205. The van der Waals surface area contributed by atoms with Gasteiger partial charge in [0.25, 0.3) is 0 Å². The summed E-state index contributed by atoms with van der Waals surface area (Å²) in [4.78, 5) is 40.2. The Morgan fingerprint density at radius 2 is 1.80 bits per heavy atom. The zero-order valence-electron chi connectivity index (χ0n) is 11.9. The van der Waals surface area contributed by atoms with Crippen LogP contribution in [-0.4, -0.2) is 85.3 Å². The molecule has 0 aliphatic carbocycles. The van der Waals surface area contributed by atoms with E-state index in [1.54, 1.807) is 16.8 Å². The van der Waals surface area contributed by atoms with Gasteiger partial charge in [0, 0.05) is 39.1 Å². The molecule has 0 aromatic carbocycles. The molecule has 3 amide bonds. The van der Waals surface area contributed by atoms with E-state index in [9.17, 15) is 14.4 Å². The number of nitrogens with one attached hydrogen (secondary N) is 1. The smallest absolute Gasteiger partial charge is 0.243 e. The molecule has 2 aliphatic heterocycles. The third-order valence-corrected chi connectivity index (χ3v) is 3.65. The van der Waals surface area contributed by atoms with E-state index in [1.807, 2.05) is 0 Å². The fourth-order valence-electron chi connectivity index (χ4n) is 2.53. The van der Waals surface area contributed by atoms with Crippen molar-refractivity contribution in [3.63, 3.8) is 0 Å². The number of nitrogens with zero attached hydrogens (tertiary/aromatic N) is 3. The Bertz CT molecular complexity index is 393. The van der Waals surface area contributed by atoms with Crippen molar-refractivity contribution >= 4 is 17.7 Å². The molecule has 112 valence electrons. The minimum absolute atomic E-state index is 0.0366. The van der Waals surface area contributed by atoms with Gasteiger partial charge in [0.1, 0.15) is 0 Å². The molecule has 2 fully saturated rings. The van der Waals surface area contributed by atoms with Crippen LogP contribution in [0.3, 0.4) is 0 Å². The third kappa shape index (κ3) is 3.77. The van der Waals surface area contributed by atoms with Crippen molar-refractivity contribution < 1.29 is 14.4 Å². The van der Waals surface area contributed by atoms with E-state index >= 15 is 0 Å². The Hall–Kier alpha value is -1.47. The van der Waals surface area contributed by atoms with Crippen LogP contribution in [0.25, 0.3) is 0 Å². The molecule has 0 saturated carbocycles. The summed E-state index contributed by atoms with van der Waals surface area (Å²) < 4.78 is 0. The van der Waals surface area contributed by atoms with Gasteiger partial charge in [0.2, 0.25) is 17.7 Å². The standard InChI is InChI=1S/C13H22N4O3/c1-15(9-12(19)16-7-4-14-5-8-16)10-13(20)17-6-2-3-11(17)18/h14H,2-10H2,1H3. The van der Waals surface area contributed by atoms with E-state index in [-0.39, 0.29) is 30.8 Å². The Balaban J connectivity index is 1.76. The van der Waals surface area contributed by atoms with Crippen LogP contribution in [-0.2, 0) is 14.4 Å². The van der Waals surface area contributed by atoms with E-state index in [4.69, 9.17) is 0 Å².